The Morgan fingerprint density at radius 1 is 1.60 bits per heavy atom. The molecule has 0 N–H and O–H groups in total. The highest BCUT2D eigenvalue weighted by molar-refractivity contribution is 5.95. The van der Waals surface area contributed by atoms with E-state index in [4.69, 9.17) is 0 Å². The molecule has 0 radical (unpaired) electrons. The number of carbonyl (C=O) groups is 1. The Kier molecular flexibility index (Phi) is 2.71. The quantitative estimate of drug-likeness (QED) is 0.701. The van der Waals surface area contributed by atoms with Crippen molar-refractivity contribution in [1.29, 1.82) is 0 Å². The number of likely N-dealkylation sites (tertiary alicyclic amines) is 1. The molecule has 0 unspecified atom stereocenters. The maximum Gasteiger partial charge on any atom is 0.255 e. The number of amides is 1. The minimum atomic E-state index is 0.130. The van der Waals surface area contributed by atoms with Crippen LogP contribution in [0.2, 0.25) is 0 Å². The predicted octanol–water partition coefficient (Wildman–Crippen LogP) is 2.01. The predicted molar refractivity (Wildman–Crippen MR) is 58.7 cm³/mol. The molecule has 1 saturated heterocycles. The van der Waals surface area contributed by atoms with Crippen molar-refractivity contribution in [2.24, 2.45) is 0 Å². The Bertz CT molecular complexity index is 376. The third-order valence-electron chi connectivity index (χ3n) is 3.05. The van der Waals surface area contributed by atoms with E-state index < -0.39 is 0 Å². The molecule has 0 aromatic carbocycles. The molecule has 3 heteroatoms. The number of carbonyl (C=O) groups excluding carboxylic acids is 1. The van der Waals surface area contributed by atoms with Crippen molar-refractivity contribution in [3.63, 3.8) is 0 Å². The summed E-state index contributed by atoms with van der Waals surface area (Å²) in [6, 6.07) is 4.05. The summed E-state index contributed by atoms with van der Waals surface area (Å²) in [6.07, 6.45) is 3.96. The average Bonchev–Trinajstić information content (AvgIpc) is 2.64. The first-order chi connectivity index (χ1) is 7.20. The molecule has 1 aromatic heterocycles. The standard InChI is InChI=1S/C12H16N2O/c1-9-5-4-8-14(9)12(15)11-6-3-7-13-10(11)2/h3,6-7,9H,4-5,8H2,1-2H3/t9-/m0/s1. The second kappa shape index (κ2) is 4.01. The number of hydrogen-bond donors (Lipinski definition) is 0. The van der Waals surface area contributed by atoms with E-state index >= 15 is 0 Å². The molecule has 0 saturated carbocycles. The summed E-state index contributed by atoms with van der Waals surface area (Å²) in [5, 5.41) is 0. The van der Waals surface area contributed by atoms with Crippen LogP contribution in [-0.2, 0) is 0 Å². The molecule has 1 amide bonds. The molecule has 1 atom stereocenters. The Hall–Kier alpha value is -1.38. The minimum Gasteiger partial charge on any atom is -0.336 e. The molecule has 80 valence electrons. The number of aromatic nitrogens is 1. The monoisotopic (exact) mass is 204 g/mol. The van der Waals surface area contributed by atoms with Crippen molar-refractivity contribution in [2.45, 2.75) is 32.7 Å². The van der Waals surface area contributed by atoms with Crippen LogP contribution in [0.5, 0.6) is 0 Å². The van der Waals surface area contributed by atoms with Crippen LogP contribution in [-0.4, -0.2) is 28.4 Å². The van der Waals surface area contributed by atoms with Gasteiger partial charge in [-0.3, -0.25) is 9.78 Å². The lowest BCUT2D eigenvalue weighted by Crippen LogP contribution is -2.34. The van der Waals surface area contributed by atoms with Crippen LogP contribution in [0.4, 0.5) is 0 Å². The lowest BCUT2D eigenvalue weighted by molar-refractivity contribution is 0.0746. The van der Waals surface area contributed by atoms with Crippen LogP contribution >= 0.6 is 0 Å². The fourth-order valence-corrected chi connectivity index (χ4v) is 2.10. The Labute approximate surface area is 90.1 Å². The van der Waals surface area contributed by atoms with Gasteiger partial charge >= 0.3 is 0 Å². The zero-order chi connectivity index (χ0) is 10.8. The fraction of sp³-hybridized carbons (Fsp3) is 0.500. The van der Waals surface area contributed by atoms with Gasteiger partial charge in [-0.15, -0.1) is 0 Å². The highest BCUT2D eigenvalue weighted by atomic mass is 16.2. The van der Waals surface area contributed by atoms with Gasteiger partial charge in [0.15, 0.2) is 0 Å². The zero-order valence-corrected chi connectivity index (χ0v) is 9.23. The van der Waals surface area contributed by atoms with E-state index in [0.717, 1.165) is 30.6 Å². The molecule has 3 nitrogen and oxygen atoms in total. The first-order valence-electron chi connectivity index (χ1n) is 5.42. The molecular formula is C12H16N2O. The topological polar surface area (TPSA) is 33.2 Å². The summed E-state index contributed by atoms with van der Waals surface area (Å²) in [5.74, 6) is 0.130. The van der Waals surface area contributed by atoms with Crippen LogP contribution in [0.15, 0.2) is 18.3 Å². The van der Waals surface area contributed by atoms with Crippen molar-refractivity contribution < 1.29 is 4.79 Å². The van der Waals surface area contributed by atoms with E-state index in [2.05, 4.69) is 11.9 Å². The third-order valence-corrected chi connectivity index (χ3v) is 3.05. The van der Waals surface area contributed by atoms with Crippen molar-refractivity contribution in [1.82, 2.24) is 9.88 Å². The van der Waals surface area contributed by atoms with Gasteiger partial charge in [0.25, 0.3) is 5.91 Å². The molecule has 0 bridgehead atoms. The van der Waals surface area contributed by atoms with E-state index in [1.807, 2.05) is 24.0 Å². The smallest absolute Gasteiger partial charge is 0.255 e. The lowest BCUT2D eigenvalue weighted by atomic mass is 10.1. The summed E-state index contributed by atoms with van der Waals surface area (Å²) < 4.78 is 0. The molecule has 1 aliphatic rings. The van der Waals surface area contributed by atoms with Crippen LogP contribution in [0, 0.1) is 6.92 Å². The lowest BCUT2D eigenvalue weighted by Gasteiger charge is -2.21. The summed E-state index contributed by atoms with van der Waals surface area (Å²) in [5.41, 5.74) is 1.56. The van der Waals surface area contributed by atoms with E-state index in [9.17, 15) is 4.79 Å². The van der Waals surface area contributed by atoms with Crippen LogP contribution < -0.4 is 0 Å². The van der Waals surface area contributed by atoms with Crippen molar-refractivity contribution in [3.8, 4) is 0 Å². The third kappa shape index (κ3) is 1.87. The van der Waals surface area contributed by atoms with Gasteiger partial charge in [0.2, 0.25) is 0 Å². The molecule has 15 heavy (non-hydrogen) atoms. The Morgan fingerprint density at radius 2 is 2.40 bits per heavy atom. The highest BCUT2D eigenvalue weighted by Gasteiger charge is 2.26. The van der Waals surface area contributed by atoms with Gasteiger partial charge in [-0.1, -0.05) is 0 Å². The number of pyridine rings is 1. The van der Waals surface area contributed by atoms with Gasteiger partial charge < -0.3 is 4.90 Å². The minimum absolute atomic E-state index is 0.130. The number of hydrogen-bond acceptors (Lipinski definition) is 2. The maximum absolute atomic E-state index is 12.2. The van der Waals surface area contributed by atoms with E-state index in [1.54, 1.807) is 6.20 Å². The average molecular weight is 204 g/mol. The molecular weight excluding hydrogens is 188 g/mol. The Balaban J connectivity index is 2.24. The van der Waals surface area contributed by atoms with Crippen molar-refractivity contribution in [3.05, 3.63) is 29.6 Å². The van der Waals surface area contributed by atoms with Gasteiger partial charge in [-0.2, -0.15) is 0 Å². The zero-order valence-electron chi connectivity index (χ0n) is 9.23. The highest BCUT2D eigenvalue weighted by Crippen LogP contribution is 2.20. The summed E-state index contributed by atoms with van der Waals surface area (Å²) in [6.45, 7) is 4.87. The normalized spacial score (nSPS) is 20.7. The summed E-state index contributed by atoms with van der Waals surface area (Å²) >= 11 is 0. The van der Waals surface area contributed by atoms with Gasteiger partial charge in [0.05, 0.1) is 5.56 Å². The van der Waals surface area contributed by atoms with Crippen molar-refractivity contribution in [2.75, 3.05) is 6.54 Å². The van der Waals surface area contributed by atoms with E-state index in [0.29, 0.717) is 6.04 Å². The van der Waals surface area contributed by atoms with Gasteiger partial charge in [0, 0.05) is 24.5 Å². The molecule has 1 fully saturated rings. The largest absolute Gasteiger partial charge is 0.336 e. The van der Waals surface area contributed by atoms with Crippen LogP contribution in [0.1, 0.15) is 35.8 Å². The second-order valence-electron chi connectivity index (χ2n) is 4.13. The molecule has 1 aliphatic heterocycles. The van der Waals surface area contributed by atoms with Crippen molar-refractivity contribution >= 4 is 5.91 Å². The molecule has 1 aromatic rings. The summed E-state index contributed by atoms with van der Waals surface area (Å²) in [7, 11) is 0. The van der Waals surface area contributed by atoms with Gasteiger partial charge in [-0.05, 0) is 38.8 Å². The SMILES string of the molecule is Cc1ncccc1C(=O)N1CCC[C@@H]1C. The first-order valence-corrected chi connectivity index (χ1v) is 5.42. The van der Waals surface area contributed by atoms with Gasteiger partial charge in [0.1, 0.15) is 0 Å². The number of rotatable bonds is 1. The second-order valence-corrected chi connectivity index (χ2v) is 4.13. The van der Waals surface area contributed by atoms with Crippen LogP contribution in [0.25, 0.3) is 0 Å². The van der Waals surface area contributed by atoms with E-state index in [1.165, 1.54) is 0 Å². The summed E-state index contributed by atoms with van der Waals surface area (Å²) in [4.78, 5) is 18.3. The number of aryl methyl sites for hydroxylation is 1. The Morgan fingerprint density at radius 3 is 3.00 bits per heavy atom. The molecule has 0 spiro atoms. The van der Waals surface area contributed by atoms with E-state index in [-0.39, 0.29) is 5.91 Å². The van der Waals surface area contributed by atoms with Crippen LogP contribution in [0.3, 0.4) is 0 Å². The molecule has 2 heterocycles. The molecule has 2 rings (SSSR count). The fourth-order valence-electron chi connectivity index (χ4n) is 2.10. The first kappa shape index (κ1) is 10.1. The van der Waals surface area contributed by atoms with Gasteiger partial charge in [-0.25, -0.2) is 0 Å². The number of nitrogens with zero attached hydrogens (tertiary/aromatic N) is 2. The maximum atomic E-state index is 12.2. The molecule has 0 aliphatic carbocycles.